The maximum atomic E-state index is 10.5. The molecule has 7 nitrogen and oxygen atoms in total. The van der Waals surface area contributed by atoms with Gasteiger partial charge in [-0.25, -0.2) is 0 Å². The summed E-state index contributed by atoms with van der Waals surface area (Å²) >= 11 is 3.23. The summed E-state index contributed by atoms with van der Waals surface area (Å²) in [6.45, 7) is 0. The Morgan fingerprint density at radius 3 is 2.75 bits per heavy atom. The van der Waals surface area contributed by atoms with Gasteiger partial charge in [-0.15, -0.1) is 5.10 Å². The number of H-pyrrole nitrogens is 1. The normalized spacial score (nSPS) is 10.3. The highest BCUT2D eigenvalue weighted by Crippen LogP contribution is 2.29. The quantitative estimate of drug-likeness (QED) is 0.644. The first-order valence-corrected chi connectivity index (χ1v) is 4.99. The number of nitro benzene ring substituents is 1. The van der Waals surface area contributed by atoms with Crippen LogP contribution < -0.4 is 5.73 Å². The average molecular weight is 284 g/mol. The first kappa shape index (κ1) is 10.6. The number of nitrogen functional groups attached to an aromatic ring is 1. The fourth-order valence-electron chi connectivity index (χ4n) is 1.20. The van der Waals surface area contributed by atoms with Crippen molar-refractivity contribution in [1.82, 2.24) is 15.2 Å². The van der Waals surface area contributed by atoms with Gasteiger partial charge in [-0.1, -0.05) is 0 Å². The second-order valence-electron chi connectivity index (χ2n) is 2.96. The van der Waals surface area contributed by atoms with E-state index in [1.165, 1.54) is 12.1 Å². The van der Waals surface area contributed by atoms with Crippen molar-refractivity contribution in [3.8, 4) is 11.4 Å². The first-order valence-electron chi connectivity index (χ1n) is 4.20. The number of aromatic amines is 1. The number of nitro groups is 1. The summed E-state index contributed by atoms with van der Waals surface area (Å²) in [4.78, 5) is 14.0. The molecule has 0 unspecified atom stereocenters. The summed E-state index contributed by atoms with van der Waals surface area (Å²) < 4.78 is 0.554. The van der Waals surface area contributed by atoms with E-state index in [-0.39, 0.29) is 11.6 Å². The maximum absolute atomic E-state index is 10.5. The number of anilines is 1. The smallest absolute Gasteiger partial charge is 0.270 e. The lowest BCUT2D eigenvalue weighted by atomic mass is 10.2. The van der Waals surface area contributed by atoms with Gasteiger partial charge in [0.05, 0.1) is 4.92 Å². The molecule has 0 fully saturated rings. The SMILES string of the molecule is Nc1n[nH]c(-c2ccc([N+](=O)[O-])cc2Br)n1. The molecule has 8 heteroatoms. The predicted octanol–water partition coefficient (Wildman–Crippen LogP) is 1.72. The maximum Gasteiger partial charge on any atom is 0.270 e. The van der Waals surface area contributed by atoms with E-state index in [1.807, 2.05) is 0 Å². The molecular weight excluding hydrogens is 278 g/mol. The molecule has 0 radical (unpaired) electrons. The molecular formula is C8H6BrN5O2. The summed E-state index contributed by atoms with van der Waals surface area (Å²) in [6, 6.07) is 4.36. The van der Waals surface area contributed by atoms with Crippen LogP contribution in [0.3, 0.4) is 0 Å². The molecule has 0 aliphatic carbocycles. The average Bonchev–Trinajstić information content (AvgIpc) is 2.64. The molecule has 0 atom stereocenters. The van der Waals surface area contributed by atoms with Crippen LogP contribution in [0.5, 0.6) is 0 Å². The summed E-state index contributed by atoms with van der Waals surface area (Å²) in [5.74, 6) is 0.583. The third-order valence-electron chi connectivity index (χ3n) is 1.92. The molecule has 0 amide bonds. The van der Waals surface area contributed by atoms with Gasteiger partial charge in [0, 0.05) is 22.2 Å². The van der Waals surface area contributed by atoms with E-state index in [9.17, 15) is 10.1 Å². The lowest BCUT2D eigenvalue weighted by Crippen LogP contribution is -1.90. The number of aromatic nitrogens is 3. The zero-order valence-corrected chi connectivity index (χ0v) is 9.43. The molecule has 3 N–H and O–H groups in total. The summed E-state index contributed by atoms with van der Waals surface area (Å²) in [6.07, 6.45) is 0. The zero-order valence-electron chi connectivity index (χ0n) is 7.85. The molecule has 1 aromatic heterocycles. The third kappa shape index (κ3) is 1.87. The van der Waals surface area contributed by atoms with Crippen LogP contribution in [0, 0.1) is 10.1 Å². The third-order valence-corrected chi connectivity index (χ3v) is 2.58. The minimum absolute atomic E-state index is 0.00288. The summed E-state index contributed by atoms with van der Waals surface area (Å²) in [5.41, 5.74) is 6.03. The van der Waals surface area contributed by atoms with Crippen LogP contribution in [-0.2, 0) is 0 Å². The standard InChI is InChI=1S/C8H6BrN5O2/c9-6-3-4(14(15)16)1-2-5(6)7-11-8(10)13-12-7/h1-3H,(H3,10,11,12,13). The Hall–Kier alpha value is -1.96. The van der Waals surface area contributed by atoms with Crippen LogP contribution in [0.25, 0.3) is 11.4 Å². The Bertz CT molecular complexity index is 553. The lowest BCUT2D eigenvalue weighted by Gasteiger charge is -1.99. The van der Waals surface area contributed by atoms with Crippen molar-refractivity contribution in [3.05, 3.63) is 32.8 Å². The molecule has 2 rings (SSSR count). The second kappa shape index (κ2) is 3.89. The number of hydrogen-bond acceptors (Lipinski definition) is 5. The highest BCUT2D eigenvalue weighted by atomic mass is 79.9. The van der Waals surface area contributed by atoms with E-state index in [4.69, 9.17) is 5.73 Å². The lowest BCUT2D eigenvalue weighted by molar-refractivity contribution is -0.384. The molecule has 1 aromatic carbocycles. The van der Waals surface area contributed by atoms with Crippen molar-refractivity contribution >= 4 is 27.6 Å². The predicted molar refractivity (Wildman–Crippen MR) is 60.6 cm³/mol. The van der Waals surface area contributed by atoms with E-state index >= 15 is 0 Å². The largest absolute Gasteiger partial charge is 0.366 e. The van der Waals surface area contributed by atoms with Crippen LogP contribution in [0.1, 0.15) is 0 Å². The molecule has 0 bridgehead atoms. The number of halogens is 1. The Morgan fingerprint density at radius 1 is 1.50 bits per heavy atom. The minimum Gasteiger partial charge on any atom is -0.366 e. The van der Waals surface area contributed by atoms with Gasteiger partial charge in [0.1, 0.15) is 0 Å². The van der Waals surface area contributed by atoms with Crippen molar-refractivity contribution < 1.29 is 4.92 Å². The van der Waals surface area contributed by atoms with E-state index in [0.29, 0.717) is 15.9 Å². The Kier molecular flexibility index (Phi) is 2.57. The molecule has 1 heterocycles. The van der Waals surface area contributed by atoms with Crippen LogP contribution in [-0.4, -0.2) is 20.1 Å². The van der Waals surface area contributed by atoms with Gasteiger partial charge in [0.25, 0.3) is 5.69 Å². The van der Waals surface area contributed by atoms with Crippen molar-refractivity contribution in [3.63, 3.8) is 0 Å². The number of nitrogens with two attached hydrogens (primary N) is 1. The molecule has 0 saturated carbocycles. The topological polar surface area (TPSA) is 111 Å². The molecule has 0 spiro atoms. The van der Waals surface area contributed by atoms with E-state index in [1.54, 1.807) is 6.07 Å². The van der Waals surface area contributed by atoms with E-state index < -0.39 is 4.92 Å². The Morgan fingerprint density at radius 2 is 2.25 bits per heavy atom. The minimum atomic E-state index is -0.469. The van der Waals surface area contributed by atoms with Gasteiger partial charge in [-0.3, -0.25) is 15.2 Å². The van der Waals surface area contributed by atoms with Gasteiger partial charge in [-0.05, 0) is 22.0 Å². The molecule has 82 valence electrons. The van der Waals surface area contributed by atoms with E-state index in [0.717, 1.165) is 0 Å². The number of benzene rings is 1. The number of hydrogen-bond donors (Lipinski definition) is 2. The van der Waals surface area contributed by atoms with Crippen molar-refractivity contribution in [2.24, 2.45) is 0 Å². The van der Waals surface area contributed by atoms with Crippen LogP contribution in [0.15, 0.2) is 22.7 Å². The van der Waals surface area contributed by atoms with Crippen molar-refractivity contribution in [1.29, 1.82) is 0 Å². The second-order valence-corrected chi connectivity index (χ2v) is 3.82. The zero-order chi connectivity index (χ0) is 11.7. The summed E-state index contributed by atoms with van der Waals surface area (Å²) in [5, 5.41) is 16.8. The molecule has 16 heavy (non-hydrogen) atoms. The Labute approximate surface area is 98.0 Å². The van der Waals surface area contributed by atoms with Gasteiger partial charge in [0.2, 0.25) is 5.95 Å². The monoisotopic (exact) mass is 283 g/mol. The highest BCUT2D eigenvalue weighted by molar-refractivity contribution is 9.10. The van der Waals surface area contributed by atoms with Gasteiger partial charge >= 0.3 is 0 Å². The van der Waals surface area contributed by atoms with Gasteiger partial charge < -0.3 is 5.73 Å². The fourth-order valence-corrected chi connectivity index (χ4v) is 1.76. The molecule has 2 aromatic rings. The molecule has 0 saturated heterocycles. The van der Waals surface area contributed by atoms with Crippen LogP contribution >= 0.6 is 15.9 Å². The van der Waals surface area contributed by atoms with E-state index in [2.05, 4.69) is 31.1 Å². The summed E-state index contributed by atoms with van der Waals surface area (Å²) in [7, 11) is 0. The number of nitrogens with zero attached hydrogens (tertiary/aromatic N) is 3. The van der Waals surface area contributed by atoms with Crippen molar-refractivity contribution in [2.45, 2.75) is 0 Å². The highest BCUT2D eigenvalue weighted by Gasteiger charge is 2.12. The molecule has 0 aliphatic heterocycles. The fraction of sp³-hybridized carbons (Fsp3) is 0. The van der Waals surface area contributed by atoms with Gasteiger partial charge in [0.15, 0.2) is 5.82 Å². The number of rotatable bonds is 2. The van der Waals surface area contributed by atoms with Crippen LogP contribution in [0.4, 0.5) is 11.6 Å². The Balaban J connectivity index is 2.47. The first-order chi connectivity index (χ1) is 7.58. The molecule has 0 aliphatic rings. The van der Waals surface area contributed by atoms with Gasteiger partial charge in [-0.2, -0.15) is 4.98 Å². The van der Waals surface area contributed by atoms with Crippen LogP contribution in [0.2, 0.25) is 0 Å². The number of nitrogens with one attached hydrogen (secondary N) is 1. The number of non-ortho nitro benzene ring substituents is 1. The van der Waals surface area contributed by atoms with Crippen molar-refractivity contribution in [2.75, 3.05) is 5.73 Å².